The summed E-state index contributed by atoms with van der Waals surface area (Å²) in [5, 5.41) is 3.32. The van der Waals surface area contributed by atoms with Crippen LogP contribution in [0.15, 0.2) is 18.2 Å². The third-order valence-electron chi connectivity index (χ3n) is 3.88. The van der Waals surface area contributed by atoms with E-state index in [1.54, 1.807) is 19.1 Å². The Balaban J connectivity index is 2.18. The monoisotopic (exact) mass is 278 g/mol. The van der Waals surface area contributed by atoms with Gasteiger partial charge in [0.1, 0.15) is 5.82 Å². The standard InChI is InChI=1S/C16H23FN2O/c1-3-10-19(14-6-8-18-9-7-14)16(20)13-4-5-15(17)12(2)11-13/h4-5,11,14,18H,3,6-10H2,1-2H3. The highest BCUT2D eigenvalue weighted by Crippen LogP contribution is 2.18. The van der Waals surface area contributed by atoms with Crippen molar-refractivity contribution in [2.75, 3.05) is 19.6 Å². The van der Waals surface area contributed by atoms with Crippen molar-refractivity contribution in [3.8, 4) is 0 Å². The van der Waals surface area contributed by atoms with Crippen molar-refractivity contribution in [1.82, 2.24) is 10.2 Å². The van der Waals surface area contributed by atoms with E-state index in [2.05, 4.69) is 12.2 Å². The molecule has 1 aliphatic rings. The Morgan fingerprint density at radius 2 is 2.10 bits per heavy atom. The van der Waals surface area contributed by atoms with Crippen molar-refractivity contribution in [3.63, 3.8) is 0 Å². The van der Waals surface area contributed by atoms with Crippen molar-refractivity contribution in [1.29, 1.82) is 0 Å². The molecule has 0 radical (unpaired) electrons. The normalized spacial score (nSPS) is 16.1. The SMILES string of the molecule is CCCN(C(=O)c1ccc(F)c(C)c1)C1CCNCC1. The first-order chi connectivity index (χ1) is 9.63. The first-order valence-corrected chi connectivity index (χ1v) is 7.41. The molecule has 0 spiro atoms. The molecule has 0 unspecified atom stereocenters. The van der Waals surface area contributed by atoms with E-state index in [0.717, 1.165) is 38.9 Å². The number of rotatable bonds is 4. The van der Waals surface area contributed by atoms with E-state index < -0.39 is 0 Å². The van der Waals surface area contributed by atoms with E-state index in [-0.39, 0.29) is 11.7 Å². The number of nitrogens with zero attached hydrogens (tertiary/aromatic N) is 1. The summed E-state index contributed by atoms with van der Waals surface area (Å²) in [5.41, 5.74) is 1.12. The molecule has 2 rings (SSSR count). The third-order valence-corrected chi connectivity index (χ3v) is 3.88. The molecule has 1 aromatic rings. The summed E-state index contributed by atoms with van der Waals surface area (Å²) in [7, 11) is 0. The molecular formula is C16H23FN2O. The zero-order valence-electron chi connectivity index (χ0n) is 12.3. The van der Waals surface area contributed by atoms with Gasteiger partial charge in [-0.2, -0.15) is 0 Å². The molecule has 0 aliphatic carbocycles. The van der Waals surface area contributed by atoms with E-state index in [1.807, 2.05) is 4.90 Å². The lowest BCUT2D eigenvalue weighted by molar-refractivity contribution is 0.0642. The van der Waals surface area contributed by atoms with Crippen molar-refractivity contribution < 1.29 is 9.18 Å². The number of piperidine rings is 1. The van der Waals surface area contributed by atoms with Gasteiger partial charge in [0.25, 0.3) is 5.91 Å². The number of carbonyl (C=O) groups is 1. The van der Waals surface area contributed by atoms with Gasteiger partial charge in [-0.1, -0.05) is 6.92 Å². The predicted octanol–water partition coefficient (Wildman–Crippen LogP) is 2.74. The van der Waals surface area contributed by atoms with Gasteiger partial charge in [-0.05, 0) is 63.0 Å². The van der Waals surface area contributed by atoms with E-state index in [4.69, 9.17) is 0 Å². The molecule has 1 aliphatic heterocycles. The largest absolute Gasteiger partial charge is 0.336 e. The molecule has 110 valence electrons. The number of aryl methyl sites for hydroxylation is 1. The highest BCUT2D eigenvalue weighted by Gasteiger charge is 2.25. The van der Waals surface area contributed by atoms with Gasteiger partial charge in [0.15, 0.2) is 0 Å². The van der Waals surface area contributed by atoms with E-state index in [1.165, 1.54) is 6.07 Å². The van der Waals surface area contributed by atoms with Gasteiger partial charge in [-0.3, -0.25) is 4.79 Å². The van der Waals surface area contributed by atoms with Gasteiger partial charge in [-0.15, -0.1) is 0 Å². The second kappa shape index (κ2) is 6.84. The maximum Gasteiger partial charge on any atom is 0.254 e. The Hall–Kier alpha value is -1.42. The summed E-state index contributed by atoms with van der Waals surface area (Å²) in [6.45, 7) is 6.46. The molecule has 0 aromatic heterocycles. The molecule has 0 saturated carbocycles. The fraction of sp³-hybridized carbons (Fsp3) is 0.562. The van der Waals surface area contributed by atoms with Crippen molar-refractivity contribution >= 4 is 5.91 Å². The fourth-order valence-corrected chi connectivity index (χ4v) is 2.75. The highest BCUT2D eigenvalue weighted by molar-refractivity contribution is 5.94. The Morgan fingerprint density at radius 1 is 1.40 bits per heavy atom. The topological polar surface area (TPSA) is 32.3 Å². The zero-order chi connectivity index (χ0) is 14.5. The fourth-order valence-electron chi connectivity index (χ4n) is 2.75. The second-order valence-electron chi connectivity index (χ2n) is 5.44. The number of halogens is 1. The minimum atomic E-state index is -0.259. The van der Waals surface area contributed by atoms with Crippen LogP contribution in [-0.4, -0.2) is 36.5 Å². The summed E-state index contributed by atoms with van der Waals surface area (Å²) in [6.07, 6.45) is 2.92. The third kappa shape index (κ3) is 3.37. The molecule has 1 saturated heterocycles. The number of amides is 1. The summed E-state index contributed by atoms with van der Waals surface area (Å²) in [5.74, 6) is -0.229. The number of hydrogen-bond acceptors (Lipinski definition) is 2. The van der Waals surface area contributed by atoms with Crippen molar-refractivity contribution in [2.45, 2.75) is 39.2 Å². The van der Waals surface area contributed by atoms with Gasteiger partial charge in [0.05, 0.1) is 0 Å². The molecule has 1 N–H and O–H groups in total. The molecule has 0 bridgehead atoms. The lowest BCUT2D eigenvalue weighted by atomic mass is 10.0. The van der Waals surface area contributed by atoms with Crippen LogP contribution in [0.2, 0.25) is 0 Å². The van der Waals surface area contributed by atoms with Crippen LogP contribution in [-0.2, 0) is 0 Å². The van der Waals surface area contributed by atoms with Gasteiger partial charge in [-0.25, -0.2) is 4.39 Å². The van der Waals surface area contributed by atoms with Crippen molar-refractivity contribution in [3.05, 3.63) is 35.1 Å². The molecule has 4 heteroatoms. The van der Waals surface area contributed by atoms with Crippen LogP contribution in [0.4, 0.5) is 4.39 Å². The van der Waals surface area contributed by atoms with Crippen LogP contribution in [0, 0.1) is 12.7 Å². The van der Waals surface area contributed by atoms with Crippen molar-refractivity contribution in [2.24, 2.45) is 0 Å². The molecular weight excluding hydrogens is 255 g/mol. The maximum atomic E-state index is 13.3. The van der Waals surface area contributed by atoms with Crippen LogP contribution in [0.25, 0.3) is 0 Å². The quantitative estimate of drug-likeness (QED) is 0.918. The first-order valence-electron chi connectivity index (χ1n) is 7.41. The minimum Gasteiger partial charge on any atom is -0.336 e. The van der Waals surface area contributed by atoms with Crippen LogP contribution in [0.3, 0.4) is 0 Å². The van der Waals surface area contributed by atoms with E-state index in [9.17, 15) is 9.18 Å². The molecule has 3 nitrogen and oxygen atoms in total. The molecule has 1 fully saturated rings. The molecule has 1 aromatic carbocycles. The summed E-state index contributed by atoms with van der Waals surface area (Å²) in [4.78, 5) is 14.6. The average molecular weight is 278 g/mol. The van der Waals surface area contributed by atoms with Crippen LogP contribution >= 0.6 is 0 Å². The summed E-state index contributed by atoms with van der Waals surface area (Å²) in [6, 6.07) is 4.93. The van der Waals surface area contributed by atoms with E-state index >= 15 is 0 Å². The van der Waals surface area contributed by atoms with Crippen LogP contribution in [0.5, 0.6) is 0 Å². The second-order valence-corrected chi connectivity index (χ2v) is 5.44. The summed E-state index contributed by atoms with van der Waals surface area (Å²) < 4.78 is 13.3. The average Bonchev–Trinajstić information content (AvgIpc) is 2.48. The number of carbonyl (C=O) groups excluding carboxylic acids is 1. The van der Waals surface area contributed by atoms with Gasteiger partial charge in [0.2, 0.25) is 0 Å². The smallest absolute Gasteiger partial charge is 0.254 e. The Morgan fingerprint density at radius 3 is 2.70 bits per heavy atom. The number of nitrogens with one attached hydrogen (secondary N) is 1. The molecule has 1 amide bonds. The van der Waals surface area contributed by atoms with Crippen LogP contribution in [0.1, 0.15) is 42.1 Å². The maximum absolute atomic E-state index is 13.3. The lowest BCUT2D eigenvalue weighted by Crippen LogP contribution is -2.46. The summed E-state index contributed by atoms with van der Waals surface area (Å²) >= 11 is 0. The predicted molar refractivity (Wildman–Crippen MR) is 78.4 cm³/mol. The minimum absolute atomic E-state index is 0.0295. The Bertz CT molecular complexity index is 470. The number of benzene rings is 1. The van der Waals surface area contributed by atoms with Crippen LogP contribution < -0.4 is 5.32 Å². The first kappa shape index (κ1) is 15.0. The molecule has 0 atom stereocenters. The lowest BCUT2D eigenvalue weighted by Gasteiger charge is -2.34. The Kier molecular flexibility index (Phi) is 5.12. The highest BCUT2D eigenvalue weighted by atomic mass is 19.1. The molecule has 1 heterocycles. The van der Waals surface area contributed by atoms with Gasteiger partial charge >= 0.3 is 0 Å². The Labute approximate surface area is 120 Å². The number of hydrogen-bond donors (Lipinski definition) is 1. The van der Waals surface area contributed by atoms with Gasteiger partial charge < -0.3 is 10.2 Å². The van der Waals surface area contributed by atoms with Gasteiger partial charge in [0, 0.05) is 18.2 Å². The molecule has 20 heavy (non-hydrogen) atoms. The zero-order valence-corrected chi connectivity index (χ0v) is 12.3. The van der Waals surface area contributed by atoms with E-state index in [0.29, 0.717) is 17.2 Å².